The van der Waals surface area contributed by atoms with Crippen LogP contribution in [0.1, 0.15) is 49.1 Å². The number of nitrogens with two attached hydrogens (primary N) is 1. The van der Waals surface area contributed by atoms with Gasteiger partial charge in [0.15, 0.2) is 11.5 Å². The standard InChI is InChI=1S/C22H27ClN6O3.CH4/c1-22(2,24)21(31)25-17(13-32-12-14-8-6-5-7-9-14)19-27-26-18-16(23)10-15(11-29(18)19)20(30)28(3)4;/h5-11,17H,12-13,24H2,1-4H3,(H,25,31);1H4/t17-;/m1./s1. The van der Waals surface area contributed by atoms with Gasteiger partial charge in [-0.15, -0.1) is 10.2 Å². The maximum Gasteiger partial charge on any atom is 0.254 e. The van der Waals surface area contributed by atoms with Crippen molar-refractivity contribution in [3.05, 3.63) is 64.6 Å². The minimum atomic E-state index is -1.11. The molecule has 2 amide bonds. The van der Waals surface area contributed by atoms with Crippen molar-refractivity contribution >= 4 is 29.1 Å². The van der Waals surface area contributed by atoms with Crippen molar-refractivity contribution in [2.75, 3.05) is 20.7 Å². The van der Waals surface area contributed by atoms with E-state index >= 15 is 0 Å². The third kappa shape index (κ3) is 6.28. The molecule has 0 aliphatic rings. The van der Waals surface area contributed by atoms with E-state index in [0.717, 1.165) is 5.56 Å². The number of benzene rings is 1. The average molecular weight is 475 g/mol. The molecule has 0 saturated heterocycles. The Morgan fingerprint density at radius 2 is 1.91 bits per heavy atom. The largest absolute Gasteiger partial charge is 0.374 e. The van der Waals surface area contributed by atoms with E-state index in [1.54, 1.807) is 44.6 Å². The van der Waals surface area contributed by atoms with Gasteiger partial charge in [-0.05, 0) is 25.5 Å². The van der Waals surface area contributed by atoms with Gasteiger partial charge in [-0.3, -0.25) is 14.0 Å². The molecule has 178 valence electrons. The molecule has 10 heteroatoms. The van der Waals surface area contributed by atoms with Crippen LogP contribution >= 0.6 is 11.6 Å². The van der Waals surface area contributed by atoms with Gasteiger partial charge in [0.25, 0.3) is 5.91 Å². The lowest BCUT2D eigenvalue weighted by molar-refractivity contribution is -0.126. The first-order chi connectivity index (χ1) is 15.1. The minimum absolute atomic E-state index is 0. The van der Waals surface area contributed by atoms with Crippen LogP contribution in [0.3, 0.4) is 0 Å². The van der Waals surface area contributed by atoms with Crippen LogP contribution in [0.4, 0.5) is 0 Å². The van der Waals surface area contributed by atoms with Gasteiger partial charge in [0.05, 0.1) is 29.3 Å². The zero-order valence-electron chi connectivity index (χ0n) is 18.5. The molecular formula is C23H31ClN6O3. The molecule has 0 fully saturated rings. The highest BCUT2D eigenvalue weighted by Crippen LogP contribution is 2.23. The van der Waals surface area contributed by atoms with Gasteiger partial charge < -0.3 is 20.7 Å². The number of hydrogen-bond donors (Lipinski definition) is 2. The molecule has 1 atom stereocenters. The summed E-state index contributed by atoms with van der Waals surface area (Å²) in [6, 6.07) is 10.5. The summed E-state index contributed by atoms with van der Waals surface area (Å²) in [5.41, 5.74) is 6.58. The summed E-state index contributed by atoms with van der Waals surface area (Å²) in [6.07, 6.45) is 1.60. The van der Waals surface area contributed by atoms with Gasteiger partial charge in [0.1, 0.15) is 6.04 Å². The highest BCUT2D eigenvalue weighted by atomic mass is 35.5. The van der Waals surface area contributed by atoms with Crippen LogP contribution in [0.15, 0.2) is 42.6 Å². The second kappa shape index (κ2) is 10.7. The van der Waals surface area contributed by atoms with Crippen molar-refractivity contribution in [3.8, 4) is 0 Å². The van der Waals surface area contributed by atoms with Gasteiger partial charge in [0, 0.05) is 20.3 Å². The topological polar surface area (TPSA) is 115 Å². The van der Waals surface area contributed by atoms with Crippen molar-refractivity contribution in [2.24, 2.45) is 5.73 Å². The van der Waals surface area contributed by atoms with E-state index in [4.69, 9.17) is 22.1 Å². The summed E-state index contributed by atoms with van der Waals surface area (Å²) in [6.45, 7) is 3.68. The number of nitrogens with one attached hydrogen (secondary N) is 1. The zero-order chi connectivity index (χ0) is 23.5. The van der Waals surface area contributed by atoms with Gasteiger partial charge >= 0.3 is 0 Å². The lowest BCUT2D eigenvalue weighted by atomic mass is 10.1. The van der Waals surface area contributed by atoms with Crippen LogP contribution in [0, 0.1) is 0 Å². The number of carbonyl (C=O) groups excluding carboxylic acids is 2. The summed E-state index contributed by atoms with van der Waals surface area (Å²) in [7, 11) is 3.30. The van der Waals surface area contributed by atoms with E-state index in [0.29, 0.717) is 23.6 Å². The molecule has 0 saturated carbocycles. The number of aromatic nitrogens is 3. The molecule has 3 rings (SSSR count). The molecule has 2 aromatic heterocycles. The predicted molar refractivity (Wildman–Crippen MR) is 128 cm³/mol. The molecule has 2 heterocycles. The third-order valence-corrected chi connectivity index (χ3v) is 5.02. The number of carbonyl (C=O) groups is 2. The molecular weight excluding hydrogens is 444 g/mol. The summed E-state index contributed by atoms with van der Waals surface area (Å²) in [5.74, 6) is -0.229. The number of halogens is 1. The van der Waals surface area contributed by atoms with Crippen LogP contribution in [0.25, 0.3) is 5.65 Å². The van der Waals surface area contributed by atoms with Crippen LogP contribution in [0.5, 0.6) is 0 Å². The second-order valence-electron chi connectivity index (χ2n) is 8.28. The molecule has 3 aromatic rings. The van der Waals surface area contributed by atoms with Crippen molar-refractivity contribution < 1.29 is 14.3 Å². The number of ether oxygens (including phenoxy) is 1. The Labute approximate surface area is 198 Å². The molecule has 0 unspecified atom stereocenters. The fraction of sp³-hybridized carbons (Fsp3) is 0.391. The van der Waals surface area contributed by atoms with Crippen molar-refractivity contribution in [2.45, 2.75) is 39.5 Å². The summed E-state index contributed by atoms with van der Waals surface area (Å²) >= 11 is 6.36. The number of nitrogens with zero attached hydrogens (tertiary/aromatic N) is 4. The summed E-state index contributed by atoms with van der Waals surface area (Å²) in [5, 5.41) is 11.5. The lowest BCUT2D eigenvalue weighted by Gasteiger charge is -2.23. The van der Waals surface area contributed by atoms with Crippen molar-refractivity contribution in [3.63, 3.8) is 0 Å². The predicted octanol–water partition coefficient (Wildman–Crippen LogP) is 2.83. The van der Waals surface area contributed by atoms with E-state index in [2.05, 4.69) is 15.5 Å². The maximum absolute atomic E-state index is 12.6. The fourth-order valence-corrected chi connectivity index (χ4v) is 3.22. The third-order valence-electron chi connectivity index (χ3n) is 4.74. The van der Waals surface area contributed by atoms with Gasteiger partial charge in [-0.25, -0.2) is 0 Å². The van der Waals surface area contributed by atoms with Crippen LogP contribution < -0.4 is 11.1 Å². The van der Waals surface area contributed by atoms with Gasteiger partial charge in [0.2, 0.25) is 5.91 Å². The monoisotopic (exact) mass is 474 g/mol. The Morgan fingerprint density at radius 1 is 1.24 bits per heavy atom. The highest BCUT2D eigenvalue weighted by Gasteiger charge is 2.28. The Hall–Kier alpha value is -3.01. The number of amides is 2. The first-order valence-corrected chi connectivity index (χ1v) is 10.4. The Morgan fingerprint density at radius 3 is 2.52 bits per heavy atom. The van der Waals surface area contributed by atoms with Crippen LogP contribution in [-0.4, -0.2) is 57.6 Å². The number of pyridine rings is 1. The minimum Gasteiger partial charge on any atom is -0.374 e. The molecule has 33 heavy (non-hydrogen) atoms. The SMILES string of the molecule is C.CN(C)C(=O)c1cc(Cl)c2nnc([C@@H](COCc3ccccc3)NC(=O)C(C)(C)N)n2c1. The quantitative estimate of drug-likeness (QED) is 0.518. The van der Waals surface area contributed by atoms with E-state index in [1.807, 2.05) is 30.3 Å². The number of rotatable bonds is 8. The molecule has 9 nitrogen and oxygen atoms in total. The molecule has 3 N–H and O–H groups in total. The normalized spacial score (nSPS) is 12.2. The number of hydrogen-bond acceptors (Lipinski definition) is 6. The first-order valence-electron chi connectivity index (χ1n) is 10.0. The van der Waals surface area contributed by atoms with Gasteiger partial charge in [-0.2, -0.15) is 0 Å². The molecule has 1 aromatic carbocycles. The van der Waals surface area contributed by atoms with Crippen LogP contribution in [0.2, 0.25) is 5.02 Å². The second-order valence-corrected chi connectivity index (χ2v) is 8.68. The Kier molecular flexibility index (Phi) is 8.54. The highest BCUT2D eigenvalue weighted by molar-refractivity contribution is 6.33. The molecule has 0 aliphatic carbocycles. The lowest BCUT2D eigenvalue weighted by Crippen LogP contribution is -2.50. The zero-order valence-corrected chi connectivity index (χ0v) is 19.3. The summed E-state index contributed by atoms with van der Waals surface area (Å²) < 4.78 is 7.47. The maximum atomic E-state index is 12.6. The van der Waals surface area contributed by atoms with Gasteiger partial charge in [-0.1, -0.05) is 49.4 Å². The Balaban J connectivity index is 0.00000385. The first kappa shape index (κ1) is 26.2. The van der Waals surface area contributed by atoms with Crippen molar-refractivity contribution in [1.29, 1.82) is 0 Å². The molecule has 0 aliphatic heterocycles. The molecule has 0 bridgehead atoms. The van der Waals surface area contributed by atoms with Crippen LogP contribution in [-0.2, 0) is 16.1 Å². The molecule has 0 spiro atoms. The Bertz CT molecular complexity index is 1110. The smallest absolute Gasteiger partial charge is 0.254 e. The van der Waals surface area contributed by atoms with E-state index in [9.17, 15) is 9.59 Å². The average Bonchev–Trinajstić information content (AvgIpc) is 3.16. The summed E-state index contributed by atoms with van der Waals surface area (Å²) in [4.78, 5) is 26.6. The van der Waals surface area contributed by atoms with E-state index in [-0.39, 0.29) is 30.9 Å². The number of fused-ring (bicyclic) bond motifs is 1. The van der Waals surface area contributed by atoms with E-state index < -0.39 is 11.6 Å². The van der Waals surface area contributed by atoms with E-state index in [1.165, 1.54) is 4.90 Å². The van der Waals surface area contributed by atoms with Crippen molar-refractivity contribution in [1.82, 2.24) is 24.8 Å². The molecule has 0 radical (unpaired) electrons. The fourth-order valence-electron chi connectivity index (χ4n) is 2.98.